The lowest BCUT2D eigenvalue weighted by Crippen LogP contribution is -2.42. The Hall–Kier alpha value is -2.57. The van der Waals surface area contributed by atoms with Gasteiger partial charge in [0.2, 0.25) is 0 Å². The van der Waals surface area contributed by atoms with E-state index in [9.17, 15) is 14.4 Å². The zero-order valence-corrected chi connectivity index (χ0v) is 10.6. The Bertz CT molecular complexity index is 528. The van der Waals surface area contributed by atoms with E-state index in [1.165, 1.54) is 26.0 Å². The van der Waals surface area contributed by atoms with E-state index in [2.05, 4.69) is 0 Å². The molecule has 0 aliphatic carbocycles. The van der Waals surface area contributed by atoms with Crippen molar-refractivity contribution in [3.8, 4) is 5.75 Å². The van der Waals surface area contributed by atoms with Crippen molar-refractivity contribution in [2.75, 3.05) is 5.73 Å². The smallest absolute Gasteiger partial charge is 0.318 e. The third-order valence-corrected chi connectivity index (χ3v) is 2.30. The Kier molecular flexibility index (Phi) is 4.46. The van der Waals surface area contributed by atoms with Crippen molar-refractivity contribution < 1.29 is 19.1 Å². The molecule has 5 N–H and O–H groups in total. The summed E-state index contributed by atoms with van der Waals surface area (Å²) in [6, 6.07) is 3.52. The van der Waals surface area contributed by atoms with Crippen LogP contribution in [-0.4, -0.2) is 23.8 Å². The first-order chi connectivity index (χ1) is 8.81. The second-order valence-electron chi connectivity index (χ2n) is 3.93. The number of hydrogen-bond acceptors (Lipinski definition) is 5. The predicted octanol–water partition coefficient (Wildman–Crippen LogP) is 0.434. The molecule has 0 fully saturated rings. The molecule has 0 bridgehead atoms. The van der Waals surface area contributed by atoms with Crippen LogP contribution >= 0.6 is 0 Å². The number of urea groups is 1. The number of ether oxygens (including phenoxy) is 1. The van der Waals surface area contributed by atoms with Crippen LogP contribution in [0.5, 0.6) is 5.75 Å². The van der Waals surface area contributed by atoms with Gasteiger partial charge in [-0.15, -0.1) is 0 Å². The highest BCUT2D eigenvalue weighted by Gasteiger charge is 2.18. The molecule has 1 aromatic rings. The molecule has 7 heteroatoms. The summed E-state index contributed by atoms with van der Waals surface area (Å²) in [5.74, 6) is -0.725. The molecule has 0 aliphatic heterocycles. The Balaban J connectivity index is 2.90. The summed E-state index contributed by atoms with van der Waals surface area (Å²) < 4.78 is 5.33. The molecule has 3 amide bonds. The van der Waals surface area contributed by atoms with Crippen LogP contribution in [0.1, 0.15) is 24.2 Å². The fourth-order valence-electron chi connectivity index (χ4n) is 1.39. The zero-order valence-electron chi connectivity index (χ0n) is 10.6. The summed E-state index contributed by atoms with van der Waals surface area (Å²) in [4.78, 5) is 33.4. The van der Waals surface area contributed by atoms with E-state index < -0.39 is 18.0 Å². The number of anilines is 1. The first-order valence-corrected chi connectivity index (χ1v) is 5.48. The van der Waals surface area contributed by atoms with Gasteiger partial charge in [0.15, 0.2) is 11.9 Å². The van der Waals surface area contributed by atoms with Crippen LogP contribution in [0.15, 0.2) is 18.2 Å². The van der Waals surface area contributed by atoms with E-state index in [4.69, 9.17) is 16.2 Å². The summed E-state index contributed by atoms with van der Waals surface area (Å²) >= 11 is 0. The quantitative estimate of drug-likeness (QED) is 0.538. The highest BCUT2D eigenvalue weighted by Crippen LogP contribution is 2.23. The Morgan fingerprint density at radius 1 is 1.32 bits per heavy atom. The van der Waals surface area contributed by atoms with Gasteiger partial charge < -0.3 is 16.2 Å². The second kappa shape index (κ2) is 5.85. The molecule has 19 heavy (non-hydrogen) atoms. The highest BCUT2D eigenvalue weighted by molar-refractivity contribution is 5.98. The molecule has 0 spiro atoms. The minimum absolute atomic E-state index is 0.217. The first kappa shape index (κ1) is 14.5. The van der Waals surface area contributed by atoms with E-state index in [-0.39, 0.29) is 17.1 Å². The van der Waals surface area contributed by atoms with Crippen LogP contribution in [-0.2, 0) is 4.79 Å². The van der Waals surface area contributed by atoms with E-state index in [1.54, 1.807) is 6.07 Å². The van der Waals surface area contributed by atoms with E-state index >= 15 is 0 Å². The molecule has 0 aliphatic rings. The summed E-state index contributed by atoms with van der Waals surface area (Å²) in [5, 5.41) is 1.89. The standard InChI is InChI=1S/C12H15N3O4/c1-6(16)9-5-8(13)3-4-10(9)19-7(2)11(17)15-12(14)18/h3-5,7H,13H2,1-2H3,(H3,14,15,17,18). The maximum absolute atomic E-state index is 11.5. The second-order valence-corrected chi connectivity index (χ2v) is 3.93. The van der Waals surface area contributed by atoms with Crippen molar-refractivity contribution >= 4 is 23.4 Å². The van der Waals surface area contributed by atoms with E-state index in [0.717, 1.165) is 0 Å². The summed E-state index contributed by atoms with van der Waals surface area (Å²) in [6.45, 7) is 2.79. The molecule has 7 nitrogen and oxygen atoms in total. The van der Waals surface area contributed by atoms with Gasteiger partial charge in [0.25, 0.3) is 5.91 Å². The lowest BCUT2D eigenvalue weighted by Gasteiger charge is -2.15. The predicted molar refractivity (Wildman–Crippen MR) is 68.7 cm³/mol. The minimum atomic E-state index is -0.978. The third-order valence-electron chi connectivity index (χ3n) is 2.30. The van der Waals surface area contributed by atoms with E-state index in [0.29, 0.717) is 5.69 Å². The van der Waals surface area contributed by atoms with Crippen LogP contribution in [0.25, 0.3) is 0 Å². The molecule has 0 heterocycles. The largest absolute Gasteiger partial charge is 0.480 e. The molecular weight excluding hydrogens is 250 g/mol. The molecule has 1 atom stereocenters. The lowest BCUT2D eigenvalue weighted by atomic mass is 10.1. The third kappa shape index (κ3) is 3.98. The molecule has 1 aromatic carbocycles. The average molecular weight is 265 g/mol. The number of imide groups is 1. The number of benzene rings is 1. The SMILES string of the molecule is CC(=O)c1cc(N)ccc1OC(C)C(=O)NC(N)=O. The summed E-state index contributed by atoms with van der Waals surface area (Å²) in [6.07, 6.45) is -0.978. The van der Waals surface area contributed by atoms with Gasteiger partial charge in [0.1, 0.15) is 5.75 Å². The van der Waals surface area contributed by atoms with Gasteiger partial charge in [-0.25, -0.2) is 4.79 Å². The van der Waals surface area contributed by atoms with Gasteiger partial charge >= 0.3 is 6.03 Å². The number of carbonyl (C=O) groups is 3. The highest BCUT2D eigenvalue weighted by atomic mass is 16.5. The van der Waals surface area contributed by atoms with Crippen LogP contribution in [0.3, 0.4) is 0 Å². The number of nitrogens with one attached hydrogen (secondary N) is 1. The van der Waals surface area contributed by atoms with Crippen molar-refractivity contribution in [3.05, 3.63) is 23.8 Å². The number of rotatable bonds is 4. The maximum Gasteiger partial charge on any atom is 0.318 e. The first-order valence-electron chi connectivity index (χ1n) is 5.48. The normalized spacial score (nSPS) is 11.5. The number of carbonyl (C=O) groups excluding carboxylic acids is 3. The Labute approximate surface area is 109 Å². The van der Waals surface area contributed by atoms with Gasteiger partial charge in [-0.1, -0.05) is 0 Å². The molecule has 1 unspecified atom stereocenters. The Morgan fingerprint density at radius 3 is 2.47 bits per heavy atom. The lowest BCUT2D eigenvalue weighted by molar-refractivity contribution is -0.126. The number of nitrogens with two attached hydrogens (primary N) is 2. The fraction of sp³-hybridized carbons (Fsp3) is 0.250. The maximum atomic E-state index is 11.5. The molecule has 1 rings (SSSR count). The summed E-state index contributed by atoms with van der Waals surface area (Å²) in [5.41, 5.74) is 11.1. The molecule has 0 radical (unpaired) electrons. The van der Waals surface area contributed by atoms with Gasteiger partial charge in [-0.2, -0.15) is 0 Å². The Morgan fingerprint density at radius 2 is 1.95 bits per heavy atom. The van der Waals surface area contributed by atoms with Crippen molar-refractivity contribution in [2.45, 2.75) is 20.0 Å². The molecular formula is C12H15N3O4. The van der Waals surface area contributed by atoms with Gasteiger partial charge in [0.05, 0.1) is 5.56 Å². The molecule has 0 aromatic heterocycles. The van der Waals surface area contributed by atoms with Gasteiger partial charge in [0, 0.05) is 5.69 Å². The summed E-state index contributed by atoms with van der Waals surface area (Å²) in [7, 11) is 0. The van der Waals surface area contributed by atoms with Crippen LogP contribution in [0.2, 0.25) is 0 Å². The monoisotopic (exact) mass is 265 g/mol. The number of amides is 3. The number of primary amides is 1. The van der Waals surface area contributed by atoms with Crippen LogP contribution in [0, 0.1) is 0 Å². The fourth-order valence-corrected chi connectivity index (χ4v) is 1.39. The van der Waals surface area contributed by atoms with Gasteiger partial charge in [-0.3, -0.25) is 14.9 Å². The van der Waals surface area contributed by atoms with E-state index in [1.807, 2.05) is 5.32 Å². The molecule has 102 valence electrons. The zero-order chi connectivity index (χ0) is 14.6. The van der Waals surface area contributed by atoms with Crippen molar-refractivity contribution in [3.63, 3.8) is 0 Å². The number of hydrogen-bond donors (Lipinski definition) is 3. The average Bonchev–Trinajstić information content (AvgIpc) is 2.30. The number of nitrogen functional groups attached to an aromatic ring is 1. The van der Waals surface area contributed by atoms with Crippen LogP contribution < -0.4 is 21.5 Å². The molecule has 0 saturated heterocycles. The van der Waals surface area contributed by atoms with Crippen molar-refractivity contribution in [1.29, 1.82) is 0 Å². The minimum Gasteiger partial charge on any atom is -0.480 e. The van der Waals surface area contributed by atoms with Crippen molar-refractivity contribution in [2.24, 2.45) is 5.73 Å². The topological polar surface area (TPSA) is 125 Å². The number of Topliss-reactive ketones (excluding diaryl/α,β-unsaturated/α-hetero) is 1. The molecule has 0 saturated carbocycles. The van der Waals surface area contributed by atoms with Gasteiger partial charge in [-0.05, 0) is 32.0 Å². The number of ketones is 1. The van der Waals surface area contributed by atoms with Crippen LogP contribution in [0.4, 0.5) is 10.5 Å². The van der Waals surface area contributed by atoms with Crippen molar-refractivity contribution in [1.82, 2.24) is 5.32 Å².